The number of hydrogen-bond donors (Lipinski definition) is 0. The lowest BCUT2D eigenvalue weighted by molar-refractivity contribution is 0.812. The summed E-state index contributed by atoms with van der Waals surface area (Å²) in [7, 11) is 0. The molecule has 0 spiro atoms. The fourth-order valence-corrected chi connectivity index (χ4v) is 7.80. The van der Waals surface area contributed by atoms with Crippen molar-refractivity contribution < 1.29 is 0 Å². The van der Waals surface area contributed by atoms with E-state index in [1.165, 1.54) is 44.7 Å². The summed E-state index contributed by atoms with van der Waals surface area (Å²) in [6, 6.07) is 44.8. The SMILES string of the molecule is Cc1cccc(-c2cc(-c3ccccc3)nc(-c3ccc(N4C5=C(C/C=C\C=C/C4C)CCc4c5n(-c5ccccc5)c5ccccc45)cn3)n2)c1. The van der Waals surface area contributed by atoms with Crippen molar-refractivity contribution in [1.82, 2.24) is 19.5 Å². The van der Waals surface area contributed by atoms with Crippen LogP contribution < -0.4 is 4.90 Å². The van der Waals surface area contributed by atoms with E-state index in [1.807, 2.05) is 24.4 Å². The highest BCUT2D eigenvalue weighted by molar-refractivity contribution is 5.96. The molecule has 2 aliphatic rings. The Morgan fingerprint density at radius 1 is 0.654 bits per heavy atom. The molecule has 5 heteroatoms. The first kappa shape index (κ1) is 31.6. The molecule has 1 aliphatic carbocycles. The molecular formula is C47H39N5. The van der Waals surface area contributed by atoms with Gasteiger partial charge in [0.1, 0.15) is 5.69 Å². The van der Waals surface area contributed by atoms with Gasteiger partial charge in [0.05, 0.1) is 40.2 Å². The zero-order valence-electron chi connectivity index (χ0n) is 29.4. The Morgan fingerprint density at radius 2 is 1.40 bits per heavy atom. The monoisotopic (exact) mass is 673 g/mol. The number of anilines is 1. The number of nitrogens with zero attached hydrogens (tertiary/aromatic N) is 5. The molecule has 9 rings (SSSR count). The van der Waals surface area contributed by atoms with Crippen molar-refractivity contribution in [3.8, 4) is 39.7 Å². The number of fused-ring (bicyclic) bond motifs is 4. The van der Waals surface area contributed by atoms with Crippen LogP contribution in [0.3, 0.4) is 0 Å². The summed E-state index contributed by atoms with van der Waals surface area (Å²) in [6.45, 7) is 4.39. The Labute approximate surface area is 305 Å². The highest BCUT2D eigenvalue weighted by Gasteiger charge is 2.32. The van der Waals surface area contributed by atoms with Crippen molar-refractivity contribution in [2.45, 2.75) is 39.2 Å². The number of rotatable bonds is 5. The third kappa shape index (κ3) is 5.74. The Balaban J connectivity index is 1.20. The molecule has 252 valence electrons. The Hall–Kier alpha value is -6.33. The molecule has 0 amide bonds. The van der Waals surface area contributed by atoms with Gasteiger partial charge in [-0.25, -0.2) is 9.97 Å². The number of para-hydroxylation sites is 2. The Kier molecular flexibility index (Phi) is 8.17. The van der Waals surface area contributed by atoms with Crippen LogP contribution in [-0.2, 0) is 6.42 Å². The first-order valence-electron chi connectivity index (χ1n) is 18.1. The molecule has 4 heterocycles. The van der Waals surface area contributed by atoms with Crippen molar-refractivity contribution in [2.75, 3.05) is 4.90 Å². The van der Waals surface area contributed by atoms with Crippen LogP contribution in [0.4, 0.5) is 5.69 Å². The largest absolute Gasteiger partial charge is 0.332 e. The summed E-state index contributed by atoms with van der Waals surface area (Å²) >= 11 is 0. The smallest absolute Gasteiger partial charge is 0.179 e. The van der Waals surface area contributed by atoms with Crippen LogP contribution in [0, 0.1) is 6.92 Å². The van der Waals surface area contributed by atoms with E-state index in [4.69, 9.17) is 15.0 Å². The summed E-state index contributed by atoms with van der Waals surface area (Å²) in [5.74, 6) is 0.607. The van der Waals surface area contributed by atoms with E-state index in [-0.39, 0.29) is 6.04 Å². The van der Waals surface area contributed by atoms with Crippen LogP contribution in [-0.4, -0.2) is 25.6 Å². The average molecular weight is 674 g/mol. The first-order chi connectivity index (χ1) is 25.6. The zero-order chi connectivity index (χ0) is 35.0. The van der Waals surface area contributed by atoms with Gasteiger partial charge in [0, 0.05) is 28.2 Å². The maximum atomic E-state index is 5.10. The molecule has 1 atom stereocenters. The standard InChI is InChI=1S/C47H39N5/c1-32-15-14-20-36(29-32)43-30-42(34-17-7-4-8-18-34)49-47(50-43)41-28-26-38(31-48-41)51-33(2)16-6-3-9-19-35-25-27-40-39-23-12-13-24-44(39)52(46(40)45(35)51)37-21-10-5-11-22-37/h3-18,20-24,26,28-31,33H,19,25,27H2,1-2H3/b9-3-,16-6-. The van der Waals surface area contributed by atoms with Crippen LogP contribution >= 0.6 is 0 Å². The second kappa shape index (κ2) is 13.4. The molecule has 1 aliphatic heterocycles. The molecule has 0 saturated heterocycles. The van der Waals surface area contributed by atoms with Gasteiger partial charge in [0.15, 0.2) is 5.82 Å². The molecule has 1 unspecified atom stereocenters. The molecule has 0 fully saturated rings. The third-order valence-electron chi connectivity index (χ3n) is 10.2. The predicted octanol–water partition coefficient (Wildman–Crippen LogP) is 11.2. The lowest BCUT2D eigenvalue weighted by Gasteiger charge is -2.36. The Morgan fingerprint density at radius 3 is 2.19 bits per heavy atom. The molecule has 0 N–H and O–H groups in total. The zero-order valence-corrected chi connectivity index (χ0v) is 29.4. The normalized spacial score (nSPS) is 16.8. The summed E-state index contributed by atoms with van der Waals surface area (Å²) in [5.41, 5.74) is 14.6. The second-order valence-corrected chi connectivity index (χ2v) is 13.7. The fourth-order valence-electron chi connectivity index (χ4n) is 7.80. The minimum absolute atomic E-state index is 0.0687. The van der Waals surface area contributed by atoms with Crippen molar-refractivity contribution in [3.63, 3.8) is 0 Å². The molecule has 0 bridgehead atoms. The highest BCUT2D eigenvalue weighted by atomic mass is 15.2. The van der Waals surface area contributed by atoms with Crippen LogP contribution in [0.25, 0.3) is 56.3 Å². The maximum Gasteiger partial charge on any atom is 0.179 e. The second-order valence-electron chi connectivity index (χ2n) is 13.7. The number of aryl methyl sites for hydroxylation is 2. The van der Waals surface area contributed by atoms with Crippen molar-refractivity contribution in [3.05, 3.63) is 180 Å². The molecular weight excluding hydrogens is 635 g/mol. The molecule has 7 aromatic rings. The molecule has 0 radical (unpaired) electrons. The summed E-state index contributed by atoms with van der Waals surface area (Å²) in [6.07, 6.45) is 13.9. The van der Waals surface area contributed by atoms with Gasteiger partial charge in [-0.1, -0.05) is 115 Å². The number of allylic oxidation sites excluding steroid dienone is 4. The summed E-state index contributed by atoms with van der Waals surface area (Å²) in [5, 5.41) is 1.32. The van der Waals surface area contributed by atoms with E-state index in [1.54, 1.807) is 0 Å². The van der Waals surface area contributed by atoms with E-state index in [0.29, 0.717) is 5.82 Å². The van der Waals surface area contributed by atoms with Crippen molar-refractivity contribution in [1.29, 1.82) is 0 Å². The summed E-state index contributed by atoms with van der Waals surface area (Å²) < 4.78 is 2.47. The lowest BCUT2D eigenvalue weighted by Crippen LogP contribution is -2.33. The van der Waals surface area contributed by atoms with Gasteiger partial charge in [-0.3, -0.25) is 4.98 Å². The van der Waals surface area contributed by atoms with Gasteiger partial charge >= 0.3 is 0 Å². The average Bonchev–Trinajstić information content (AvgIpc) is 3.56. The van der Waals surface area contributed by atoms with Gasteiger partial charge in [-0.15, -0.1) is 0 Å². The van der Waals surface area contributed by atoms with Crippen LogP contribution in [0.2, 0.25) is 0 Å². The number of hydrogen-bond acceptors (Lipinski definition) is 4. The third-order valence-corrected chi connectivity index (χ3v) is 10.2. The predicted molar refractivity (Wildman–Crippen MR) is 214 cm³/mol. The molecule has 0 saturated carbocycles. The minimum atomic E-state index is 0.0687. The van der Waals surface area contributed by atoms with Gasteiger partial charge in [-0.2, -0.15) is 0 Å². The van der Waals surface area contributed by atoms with E-state index >= 15 is 0 Å². The van der Waals surface area contributed by atoms with Crippen LogP contribution in [0.5, 0.6) is 0 Å². The minimum Gasteiger partial charge on any atom is -0.332 e. The quantitative estimate of drug-likeness (QED) is 0.182. The van der Waals surface area contributed by atoms with Crippen LogP contribution in [0.15, 0.2) is 163 Å². The van der Waals surface area contributed by atoms with Gasteiger partial charge in [0.2, 0.25) is 0 Å². The van der Waals surface area contributed by atoms with E-state index in [2.05, 4.69) is 157 Å². The van der Waals surface area contributed by atoms with Crippen molar-refractivity contribution in [2.24, 2.45) is 0 Å². The Bertz CT molecular complexity index is 2510. The van der Waals surface area contributed by atoms with E-state index in [0.717, 1.165) is 53.2 Å². The fraction of sp³-hybridized carbons (Fsp3) is 0.128. The van der Waals surface area contributed by atoms with E-state index < -0.39 is 0 Å². The number of benzene rings is 4. The van der Waals surface area contributed by atoms with Gasteiger partial charge in [-0.05, 0) is 86.7 Å². The molecule has 4 aromatic carbocycles. The van der Waals surface area contributed by atoms with Gasteiger partial charge in [0.25, 0.3) is 0 Å². The first-order valence-corrected chi connectivity index (χ1v) is 18.1. The lowest BCUT2D eigenvalue weighted by atomic mass is 9.89. The molecule has 5 nitrogen and oxygen atoms in total. The molecule has 52 heavy (non-hydrogen) atoms. The number of aromatic nitrogens is 4. The highest BCUT2D eigenvalue weighted by Crippen LogP contribution is 2.45. The van der Waals surface area contributed by atoms with Gasteiger partial charge < -0.3 is 9.47 Å². The molecule has 3 aromatic heterocycles. The van der Waals surface area contributed by atoms with Crippen molar-refractivity contribution >= 4 is 22.3 Å². The number of pyridine rings is 1. The van der Waals surface area contributed by atoms with E-state index in [9.17, 15) is 0 Å². The van der Waals surface area contributed by atoms with Crippen LogP contribution in [0.1, 0.15) is 36.6 Å². The summed E-state index contributed by atoms with van der Waals surface area (Å²) in [4.78, 5) is 17.7. The maximum absolute atomic E-state index is 5.10. The topological polar surface area (TPSA) is 46.8 Å².